The van der Waals surface area contributed by atoms with E-state index in [1.807, 2.05) is 49.7 Å². The predicted molar refractivity (Wildman–Crippen MR) is 134 cm³/mol. The van der Waals surface area contributed by atoms with Crippen LogP contribution in [0.1, 0.15) is 53.6 Å². The zero-order valence-electron chi connectivity index (χ0n) is 21.5. The highest BCUT2D eigenvalue weighted by atomic mass is 19.2. The van der Waals surface area contributed by atoms with Crippen molar-refractivity contribution in [2.24, 2.45) is 0 Å². The van der Waals surface area contributed by atoms with E-state index in [4.69, 9.17) is 14.6 Å². The van der Waals surface area contributed by atoms with Gasteiger partial charge in [-0.25, -0.2) is 13.6 Å². The van der Waals surface area contributed by atoms with Gasteiger partial charge in [0, 0.05) is 35.0 Å². The first-order valence-electron chi connectivity index (χ1n) is 11.9. The molecule has 0 radical (unpaired) electrons. The van der Waals surface area contributed by atoms with Gasteiger partial charge < -0.3 is 14.4 Å². The second kappa shape index (κ2) is 10.2. The van der Waals surface area contributed by atoms with Crippen molar-refractivity contribution in [2.45, 2.75) is 39.7 Å². The van der Waals surface area contributed by atoms with Gasteiger partial charge in [0.1, 0.15) is 17.0 Å². The fourth-order valence-corrected chi connectivity index (χ4v) is 4.65. The van der Waals surface area contributed by atoms with E-state index in [1.54, 1.807) is 14.0 Å². The van der Waals surface area contributed by atoms with E-state index in [1.165, 1.54) is 17.2 Å². The third-order valence-corrected chi connectivity index (χ3v) is 6.40. The van der Waals surface area contributed by atoms with Crippen LogP contribution in [0.4, 0.5) is 8.78 Å². The molecule has 0 spiro atoms. The van der Waals surface area contributed by atoms with Crippen LogP contribution in [0.5, 0.6) is 5.75 Å². The van der Waals surface area contributed by atoms with Crippen LogP contribution in [0.2, 0.25) is 0 Å². The maximum absolute atomic E-state index is 13.9. The number of nitrogens with zero attached hydrogens (tertiary/aromatic N) is 3. The summed E-state index contributed by atoms with van der Waals surface area (Å²) in [4.78, 5) is 27.8. The predicted octanol–water partition coefficient (Wildman–Crippen LogP) is 4.86. The highest BCUT2D eigenvalue weighted by Gasteiger charge is 2.39. The van der Waals surface area contributed by atoms with Gasteiger partial charge >= 0.3 is 5.97 Å². The number of aromatic nitrogens is 2. The van der Waals surface area contributed by atoms with Gasteiger partial charge in [0.15, 0.2) is 11.6 Å². The summed E-state index contributed by atoms with van der Waals surface area (Å²) in [6.07, 6.45) is 1.40. The first-order chi connectivity index (χ1) is 17.6. The van der Waals surface area contributed by atoms with Crippen molar-refractivity contribution in [2.75, 3.05) is 20.3 Å². The zero-order chi connectivity index (χ0) is 26.9. The molecule has 3 aromatic rings. The van der Waals surface area contributed by atoms with E-state index in [0.29, 0.717) is 12.2 Å². The average molecular weight is 510 g/mol. The highest BCUT2D eigenvalue weighted by molar-refractivity contribution is 6.17. The molecule has 0 N–H and O–H groups in total. The van der Waals surface area contributed by atoms with E-state index in [0.717, 1.165) is 34.7 Å². The minimum absolute atomic E-state index is 0.0324. The van der Waals surface area contributed by atoms with Gasteiger partial charge in [-0.1, -0.05) is 26.0 Å². The Morgan fingerprint density at radius 1 is 1.08 bits per heavy atom. The molecule has 0 aliphatic carbocycles. The number of hydrogen-bond acceptors (Lipinski definition) is 5. The lowest BCUT2D eigenvalue weighted by Crippen LogP contribution is -2.37. The minimum atomic E-state index is -1.12. The third kappa shape index (κ3) is 5.12. The molecule has 0 unspecified atom stereocenters. The van der Waals surface area contributed by atoms with E-state index >= 15 is 0 Å². The van der Waals surface area contributed by atoms with Gasteiger partial charge in [0.25, 0.3) is 5.91 Å². The van der Waals surface area contributed by atoms with Gasteiger partial charge in [-0.2, -0.15) is 5.10 Å². The van der Waals surface area contributed by atoms with Crippen LogP contribution in [-0.2, 0) is 21.5 Å². The molecule has 2 aromatic carbocycles. The Balaban J connectivity index is 1.80. The Morgan fingerprint density at radius 2 is 1.78 bits per heavy atom. The normalized spacial score (nSPS) is 14.5. The van der Waals surface area contributed by atoms with Crippen LogP contribution in [0.25, 0.3) is 5.57 Å². The number of fused-ring (bicyclic) bond motifs is 1. The molecule has 2 heterocycles. The van der Waals surface area contributed by atoms with E-state index in [-0.39, 0.29) is 24.3 Å². The molecule has 37 heavy (non-hydrogen) atoms. The fourth-order valence-electron chi connectivity index (χ4n) is 4.65. The quantitative estimate of drug-likeness (QED) is 0.444. The Hall–Kier alpha value is -4.01. The fraction of sp³-hybridized carbons (Fsp3) is 0.321. The van der Waals surface area contributed by atoms with E-state index in [2.05, 4.69) is 0 Å². The molecule has 0 atom stereocenters. The van der Waals surface area contributed by atoms with Crippen molar-refractivity contribution >= 4 is 17.4 Å². The van der Waals surface area contributed by atoms with Crippen molar-refractivity contribution in [3.05, 3.63) is 88.4 Å². The monoisotopic (exact) mass is 509 g/mol. The van der Waals surface area contributed by atoms with Gasteiger partial charge in [-0.3, -0.25) is 9.48 Å². The first kappa shape index (κ1) is 26.1. The Labute approximate surface area is 214 Å². The second-order valence-electron chi connectivity index (χ2n) is 9.52. The molecule has 0 saturated carbocycles. The van der Waals surface area contributed by atoms with Crippen molar-refractivity contribution in [3.63, 3.8) is 0 Å². The largest absolute Gasteiger partial charge is 0.497 e. The second-order valence-corrected chi connectivity index (χ2v) is 9.52. The molecule has 1 aliphatic heterocycles. The number of carbonyl (C=O) groups is 2. The van der Waals surface area contributed by atoms with Crippen molar-refractivity contribution < 1.29 is 27.8 Å². The number of hydrogen-bond donors (Lipinski definition) is 0. The van der Waals surface area contributed by atoms with Crippen LogP contribution in [-0.4, -0.2) is 46.8 Å². The van der Waals surface area contributed by atoms with Crippen LogP contribution >= 0.6 is 0 Å². The molecular weight excluding hydrogens is 480 g/mol. The zero-order valence-corrected chi connectivity index (χ0v) is 21.5. The topological polar surface area (TPSA) is 73.7 Å². The third-order valence-electron chi connectivity index (χ3n) is 6.40. The van der Waals surface area contributed by atoms with Crippen molar-refractivity contribution in [1.29, 1.82) is 0 Å². The van der Waals surface area contributed by atoms with Gasteiger partial charge in [0.2, 0.25) is 0 Å². The number of ether oxygens (including phenoxy) is 2. The molecule has 9 heteroatoms. The summed E-state index contributed by atoms with van der Waals surface area (Å²) in [5.41, 5.74) is 2.52. The summed E-state index contributed by atoms with van der Waals surface area (Å²) in [5.74, 6) is -2.61. The Kier molecular flexibility index (Phi) is 7.16. The highest BCUT2D eigenvalue weighted by Crippen LogP contribution is 2.38. The molecule has 194 valence electrons. The molecule has 7 nitrogen and oxygen atoms in total. The molecule has 1 amide bonds. The first-order valence-corrected chi connectivity index (χ1v) is 11.9. The molecule has 1 aromatic heterocycles. The smallest absolute Gasteiger partial charge is 0.341 e. The lowest BCUT2D eigenvalue weighted by atomic mass is 9.82. The number of benzene rings is 2. The lowest BCUT2D eigenvalue weighted by Gasteiger charge is -2.30. The number of amides is 1. The van der Waals surface area contributed by atoms with Gasteiger partial charge in [-0.05, 0) is 49.7 Å². The minimum Gasteiger partial charge on any atom is -0.497 e. The molecule has 0 bridgehead atoms. The van der Waals surface area contributed by atoms with Gasteiger partial charge in [0.05, 0.1) is 20.3 Å². The Bertz CT molecular complexity index is 1380. The Morgan fingerprint density at radius 3 is 2.41 bits per heavy atom. The summed E-state index contributed by atoms with van der Waals surface area (Å²) >= 11 is 0. The molecule has 1 aliphatic rings. The standard InChI is InChI=1S/C28H29F2N3O4/c1-6-37-27(35)21-15-32(26(34)19-9-12-22(29)23(30)13-19)16-28(3,4)24-17(2)33(31-25(21)24)14-18-7-10-20(36-5)11-8-18/h7-13,15H,6,14,16H2,1-5H3. The summed E-state index contributed by atoms with van der Waals surface area (Å²) < 4.78 is 39.7. The van der Waals surface area contributed by atoms with Crippen LogP contribution < -0.4 is 4.74 Å². The van der Waals surface area contributed by atoms with E-state index in [9.17, 15) is 18.4 Å². The van der Waals surface area contributed by atoms with E-state index < -0.39 is 28.9 Å². The molecule has 0 fully saturated rings. The molecule has 4 rings (SSSR count). The number of halogens is 2. The van der Waals surface area contributed by atoms with Gasteiger partial charge in [-0.15, -0.1) is 0 Å². The SMILES string of the molecule is CCOC(=O)C1=CN(C(=O)c2ccc(F)c(F)c2)CC(C)(C)c2c1nn(Cc1ccc(OC)cc1)c2C. The number of rotatable bonds is 6. The lowest BCUT2D eigenvalue weighted by molar-refractivity contribution is -0.136. The number of methoxy groups -OCH3 is 1. The van der Waals surface area contributed by atoms with Crippen molar-refractivity contribution in [3.8, 4) is 5.75 Å². The molecular formula is C28H29F2N3O4. The summed E-state index contributed by atoms with van der Waals surface area (Å²) in [6, 6.07) is 10.6. The summed E-state index contributed by atoms with van der Waals surface area (Å²) in [5, 5.41) is 4.79. The molecule has 0 saturated heterocycles. The summed E-state index contributed by atoms with van der Waals surface area (Å²) in [7, 11) is 1.61. The average Bonchev–Trinajstić information content (AvgIpc) is 3.13. The maximum atomic E-state index is 13.9. The number of carbonyl (C=O) groups excluding carboxylic acids is 2. The van der Waals surface area contributed by atoms with Crippen LogP contribution in [0, 0.1) is 18.6 Å². The number of esters is 1. The maximum Gasteiger partial charge on any atom is 0.341 e. The summed E-state index contributed by atoms with van der Waals surface area (Å²) in [6.45, 7) is 8.29. The van der Waals surface area contributed by atoms with Crippen molar-refractivity contribution in [1.82, 2.24) is 14.7 Å². The van der Waals surface area contributed by atoms with Crippen LogP contribution in [0.3, 0.4) is 0 Å². The van der Waals surface area contributed by atoms with Crippen LogP contribution in [0.15, 0.2) is 48.7 Å².